The number of hydrogen-bond acceptors (Lipinski definition) is 3. The number of anilines is 1. The second-order valence-corrected chi connectivity index (χ2v) is 6.13. The Morgan fingerprint density at radius 2 is 2.14 bits per heavy atom. The number of nitrogens with zero attached hydrogens (tertiary/aromatic N) is 1. The second kappa shape index (κ2) is 6.94. The van der Waals surface area contributed by atoms with Crippen LogP contribution in [0.3, 0.4) is 0 Å². The fourth-order valence-electron chi connectivity index (χ4n) is 2.79. The number of nitrogens with one attached hydrogen (secondary N) is 1. The van der Waals surface area contributed by atoms with Crippen LogP contribution in [0.5, 0.6) is 0 Å². The summed E-state index contributed by atoms with van der Waals surface area (Å²) in [7, 11) is 1.84. The van der Waals surface area contributed by atoms with Crippen LogP contribution >= 0.6 is 0 Å². The monoisotopic (exact) mass is 290 g/mol. The summed E-state index contributed by atoms with van der Waals surface area (Å²) < 4.78 is 0. The standard InChI is InChI=1S/C17H26N2O2/c1-4-7-18-16-6-5-14(8-12(16)2)17(21)19(3)11-13-9-15(20)10-13/h5-6,8,13,15,18,20H,4,7,9-11H2,1-3H3. The van der Waals surface area contributed by atoms with Gasteiger partial charge in [-0.2, -0.15) is 0 Å². The zero-order valence-corrected chi connectivity index (χ0v) is 13.2. The SMILES string of the molecule is CCCNc1ccc(C(=O)N(C)CC2CC(O)C2)cc1C. The van der Waals surface area contributed by atoms with Crippen LogP contribution < -0.4 is 5.32 Å². The lowest BCUT2D eigenvalue weighted by Crippen LogP contribution is -2.39. The predicted molar refractivity (Wildman–Crippen MR) is 85.7 cm³/mol. The number of carbonyl (C=O) groups is 1. The van der Waals surface area contributed by atoms with Crippen molar-refractivity contribution in [1.82, 2.24) is 4.90 Å². The summed E-state index contributed by atoms with van der Waals surface area (Å²) in [6.45, 7) is 5.83. The van der Waals surface area contributed by atoms with Gasteiger partial charge in [-0.3, -0.25) is 4.79 Å². The average Bonchev–Trinajstić information content (AvgIpc) is 2.43. The molecule has 1 aromatic carbocycles. The Morgan fingerprint density at radius 3 is 2.71 bits per heavy atom. The fraction of sp³-hybridized carbons (Fsp3) is 0.588. The number of hydrogen-bond donors (Lipinski definition) is 2. The third kappa shape index (κ3) is 3.97. The number of aliphatic hydroxyl groups is 1. The second-order valence-electron chi connectivity index (χ2n) is 6.13. The first-order valence-corrected chi connectivity index (χ1v) is 7.79. The highest BCUT2D eigenvalue weighted by Gasteiger charge is 2.29. The van der Waals surface area contributed by atoms with E-state index in [0.29, 0.717) is 5.92 Å². The fourth-order valence-corrected chi connectivity index (χ4v) is 2.79. The van der Waals surface area contributed by atoms with E-state index in [2.05, 4.69) is 12.2 Å². The predicted octanol–water partition coefficient (Wildman–Crippen LogP) is 2.66. The maximum atomic E-state index is 12.4. The summed E-state index contributed by atoms with van der Waals surface area (Å²) in [5, 5.41) is 12.7. The molecule has 0 heterocycles. The topological polar surface area (TPSA) is 52.6 Å². The van der Waals surface area contributed by atoms with E-state index in [4.69, 9.17) is 0 Å². The van der Waals surface area contributed by atoms with Gasteiger partial charge in [-0.05, 0) is 55.9 Å². The van der Waals surface area contributed by atoms with E-state index in [0.717, 1.165) is 49.2 Å². The first kappa shape index (κ1) is 15.8. The molecule has 1 aliphatic rings. The van der Waals surface area contributed by atoms with Crippen molar-refractivity contribution in [2.45, 2.75) is 39.2 Å². The van der Waals surface area contributed by atoms with Gasteiger partial charge < -0.3 is 15.3 Å². The molecule has 1 amide bonds. The summed E-state index contributed by atoms with van der Waals surface area (Å²) >= 11 is 0. The minimum Gasteiger partial charge on any atom is -0.393 e. The molecule has 21 heavy (non-hydrogen) atoms. The van der Waals surface area contributed by atoms with E-state index in [-0.39, 0.29) is 12.0 Å². The lowest BCUT2D eigenvalue weighted by Gasteiger charge is -2.34. The number of rotatable bonds is 6. The van der Waals surface area contributed by atoms with Gasteiger partial charge in [0.2, 0.25) is 0 Å². The van der Waals surface area contributed by atoms with Crippen molar-refractivity contribution in [3.8, 4) is 0 Å². The number of benzene rings is 1. The van der Waals surface area contributed by atoms with Gasteiger partial charge in [0.1, 0.15) is 0 Å². The van der Waals surface area contributed by atoms with E-state index in [9.17, 15) is 9.90 Å². The van der Waals surface area contributed by atoms with Crippen LogP contribution in [0.25, 0.3) is 0 Å². The van der Waals surface area contributed by atoms with E-state index >= 15 is 0 Å². The Labute approximate surface area is 127 Å². The summed E-state index contributed by atoms with van der Waals surface area (Å²) in [5.74, 6) is 0.502. The molecule has 0 spiro atoms. The van der Waals surface area contributed by atoms with Gasteiger partial charge in [-0.1, -0.05) is 6.92 Å². The smallest absolute Gasteiger partial charge is 0.253 e. The van der Waals surface area contributed by atoms with E-state index in [1.54, 1.807) is 4.90 Å². The van der Waals surface area contributed by atoms with Crippen molar-refractivity contribution in [1.29, 1.82) is 0 Å². The lowest BCUT2D eigenvalue weighted by atomic mass is 9.82. The molecule has 1 saturated carbocycles. The Balaban J connectivity index is 1.96. The van der Waals surface area contributed by atoms with Crippen LogP contribution in [-0.4, -0.2) is 42.2 Å². The minimum absolute atomic E-state index is 0.0570. The molecule has 4 nitrogen and oxygen atoms in total. The quantitative estimate of drug-likeness (QED) is 0.847. The van der Waals surface area contributed by atoms with E-state index in [1.165, 1.54) is 0 Å². The Kier molecular flexibility index (Phi) is 5.23. The zero-order chi connectivity index (χ0) is 15.4. The molecule has 1 aliphatic carbocycles. The van der Waals surface area contributed by atoms with Crippen molar-refractivity contribution in [3.63, 3.8) is 0 Å². The molecule has 0 aliphatic heterocycles. The number of amides is 1. The third-order valence-electron chi connectivity index (χ3n) is 4.13. The van der Waals surface area contributed by atoms with Crippen LogP contribution in [0.1, 0.15) is 42.1 Å². The normalized spacial score (nSPS) is 20.8. The van der Waals surface area contributed by atoms with Crippen molar-refractivity contribution in [2.24, 2.45) is 5.92 Å². The molecule has 0 unspecified atom stereocenters. The minimum atomic E-state index is -0.162. The summed E-state index contributed by atoms with van der Waals surface area (Å²) in [4.78, 5) is 14.2. The molecule has 0 radical (unpaired) electrons. The van der Waals surface area contributed by atoms with Crippen molar-refractivity contribution in [2.75, 3.05) is 25.5 Å². The molecule has 0 aromatic heterocycles. The van der Waals surface area contributed by atoms with Gasteiger partial charge in [-0.25, -0.2) is 0 Å². The van der Waals surface area contributed by atoms with Crippen molar-refractivity contribution in [3.05, 3.63) is 29.3 Å². The molecule has 0 bridgehead atoms. The van der Waals surface area contributed by atoms with Gasteiger partial charge >= 0.3 is 0 Å². The first-order chi connectivity index (χ1) is 10.0. The molecule has 116 valence electrons. The largest absolute Gasteiger partial charge is 0.393 e. The zero-order valence-electron chi connectivity index (χ0n) is 13.2. The summed E-state index contributed by atoms with van der Waals surface area (Å²) in [6, 6.07) is 5.82. The first-order valence-electron chi connectivity index (χ1n) is 7.79. The molecule has 2 rings (SSSR count). The van der Waals surface area contributed by atoms with Gasteiger partial charge in [0.25, 0.3) is 5.91 Å². The van der Waals surface area contributed by atoms with Crippen LogP contribution in [0.4, 0.5) is 5.69 Å². The Morgan fingerprint density at radius 1 is 1.43 bits per heavy atom. The highest BCUT2D eigenvalue weighted by molar-refractivity contribution is 5.94. The van der Waals surface area contributed by atoms with Gasteiger partial charge in [0.15, 0.2) is 0 Å². The van der Waals surface area contributed by atoms with Crippen molar-refractivity contribution < 1.29 is 9.90 Å². The van der Waals surface area contributed by atoms with Crippen LogP contribution in [0, 0.1) is 12.8 Å². The summed E-state index contributed by atoms with van der Waals surface area (Å²) in [5.41, 5.74) is 2.93. The molecule has 1 fully saturated rings. The molecule has 0 atom stereocenters. The van der Waals surface area contributed by atoms with Crippen LogP contribution in [0.15, 0.2) is 18.2 Å². The van der Waals surface area contributed by atoms with E-state index in [1.807, 2.05) is 32.2 Å². The molecule has 4 heteroatoms. The average molecular weight is 290 g/mol. The highest BCUT2D eigenvalue weighted by Crippen LogP contribution is 2.28. The van der Waals surface area contributed by atoms with Gasteiger partial charge in [0, 0.05) is 31.4 Å². The summed E-state index contributed by atoms with van der Waals surface area (Å²) in [6.07, 6.45) is 2.55. The molecule has 0 saturated heterocycles. The lowest BCUT2D eigenvalue weighted by molar-refractivity contribution is 0.0265. The number of carbonyl (C=O) groups excluding carboxylic acids is 1. The maximum absolute atomic E-state index is 12.4. The van der Waals surface area contributed by atoms with Crippen molar-refractivity contribution >= 4 is 11.6 Å². The molecule has 2 N–H and O–H groups in total. The molecule has 1 aromatic rings. The van der Waals surface area contributed by atoms with Crippen LogP contribution in [0.2, 0.25) is 0 Å². The van der Waals surface area contributed by atoms with Gasteiger partial charge in [0.05, 0.1) is 6.10 Å². The number of aliphatic hydroxyl groups excluding tert-OH is 1. The van der Waals surface area contributed by atoms with Gasteiger partial charge in [-0.15, -0.1) is 0 Å². The highest BCUT2D eigenvalue weighted by atomic mass is 16.3. The maximum Gasteiger partial charge on any atom is 0.253 e. The Hall–Kier alpha value is -1.55. The molecular weight excluding hydrogens is 264 g/mol. The van der Waals surface area contributed by atoms with E-state index < -0.39 is 0 Å². The number of aryl methyl sites for hydroxylation is 1. The van der Waals surface area contributed by atoms with Crippen LogP contribution in [-0.2, 0) is 0 Å². The molecular formula is C17H26N2O2. The Bertz CT molecular complexity index is 496. The third-order valence-corrected chi connectivity index (χ3v) is 4.13.